The summed E-state index contributed by atoms with van der Waals surface area (Å²) in [5.74, 6) is -3.29. The molecule has 15 heteroatoms. The molecule has 3 saturated heterocycles. The lowest BCUT2D eigenvalue weighted by Crippen LogP contribution is -2.68. The summed E-state index contributed by atoms with van der Waals surface area (Å²) in [6.45, 7) is 6.56. The van der Waals surface area contributed by atoms with E-state index in [1.54, 1.807) is 27.7 Å². The normalized spacial score (nSPS) is 45.0. The van der Waals surface area contributed by atoms with Crippen LogP contribution in [0.2, 0.25) is 0 Å². The van der Waals surface area contributed by atoms with Gasteiger partial charge in [0, 0.05) is 42.4 Å². The Kier molecular flexibility index (Phi) is 9.65. The summed E-state index contributed by atoms with van der Waals surface area (Å²) < 4.78 is 30.0. The minimum Gasteiger partial charge on any atom is -0.507 e. The highest BCUT2D eigenvalue weighted by Gasteiger charge is 2.66. The predicted octanol–water partition coefficient (Wildman–Crippen LogP) is 0.433. The van der Waals surface area contributed by atoms with Gasteiger partial charge in [0.15, 0.2) is 35.5 Å². The molecule has 7 rings (SSSR count). The summed E-state index contributed by atoms with van der Waals surface area (Å²) in [6, 6.07) is 2.68. The third kappa shape index (κ3) is 5.82. The van der Waals surface area contributed by atoms with Crippen molar-refractivity contribution < 1.29 is 73.8 Å². The van der Waals surface area contributed by atoms with Gasteiger partial charge in [-0.15, -0.1) is 0 Å². The van der Waals surface area contributed by atoms with E-state index in [1.807, 2.05) is 0 Å². The number of aliphatic hydroxyl groups is 6. The van der Waals surface area contributed by atoms with E-state index in [0.717, 1.165) is 0 Å². The van der Waals surface area contributed by atoms with Crippen molar-refractivity contribution in [2.45, 2.75) is 145 Å². The number of phenols is 1. The third-order valence-corrected chi connectivity index (χ3v) is 11.5. The second-order valence-electron chi connectivity index (χ2n) is 15.2. The van der Waals surface area contributed by atoms with Gasteiger partial charge in [-0.2, -0.15) is 0 Å². The van der Waals surface area contributed by atoms with Crippen LogP contribution in [-0.4, -0.2) is 132 Å². The predicted molar refractivity (Wildman–Crippen MR) is 176 cm³/mol. The molecule has 1 aromatic carbocycles. The lowest BCUT2D eigenvalue weighted by atomic mass is 9.58. The first-order valence-electron chi connectivity index (χ1n) is 17.8. The lowest BCUT2D eigenvalue weighted by Gasteiger charge is -2.54. The molecule has 0 aromatic heterocycles. The van der Waals surface area contributed by atoms with E-state index in [9.17, 15) is 50.1 Å². The smallest absolute Gasteiger partial charge is 0.198 e. The molecular weight excluding hydrogens is 684 g/mol. The molecule has 1 aromatic rings. The molecule has 4 fully saturated rings. The van der Waals surface area contributed by atoms with Gasteiger partial charge in [-0.25, -0.2) is 0 Å². The van der Waals surface area contributed by atoms with Crippen molar-refractivity contribution in [3.05, 3.63) is 52.1 Å². The Balaban J connectivity index is 1.17. The van der Waals surface area contributed by atoms with Crippen LogP contribution >= 0.6 is 0 Å². The van der Waals surface area contributed by atoms with Crippen molar-refractivity contribution in [2.75, 3.05) is 0 Å². The van der Waals surface area contributed by atoms with Crippen molar-refractivity contribution in [2.24, 2.45) is 5.92 Å². The molecule has 15 nitrogen and oxygen atoms in total. The molecular formula is C37H46O15. The van der Waals surface area contributed by atoms with Crippen molar-refractivity contribution in [3.63, 3.8) is 0 Å². The number of benzene rings is 1. The highest BCUT2D eigenvalue weighted by Crippen LogP contribution is 2.53. The third-order valence-electron chi connectivity index (χ3n) is 11.5. The van der Waals surface area contributed by atoms with E-state index in [0.29, 0.717) is 0 Å². The van der Waals surface area contributed by atoms with Gasteiger partial charge in [-0.05, 0) is 45.3 Å². The Hall–Kier alpha value is -2.93. The van der Waals surface area contributed by atoms with Gasteiger partial charge in [0.2, 0.25) is 0 Å². The minimum atomic E-state index is -2.64. The highest BCUT2D eigenvalue weighted by molar-refractivity contribution is 6.31. The topological polar surface area (TPSA) is 239 Å². The number of rotatable bonds is 5. The Morgan fingerprint density at radius 2 is 1.42 bits per heavy atom. The molecule has 52 heavy (non-hydrogen) atoms. The summed E-state index contributed by atoms with van der Waals surface area (Å²) >= 11 is 0. The van der Waals surface area contributed by atoms with Crippen LogP contribution in [-0.2, 0) is 28.5 Å². The average molecular weight is 731 g/mol. The molecule has 6 aliphatic rings. The Labute approximate surface area is 299 Å². The van der Waals surface area contributed by atoms with Gasteiger partial charge in [-0.1, -0.05) is 19.1 Å². The van der Waals surface area contributed by atoms with E-state index >= 15 is 0 Å². The number of hydrogen-bond acceptors (Lipinski definition) is 15. The quantitative estimate of drug-likeness (QED) is 0.218. The van der Waals surface area contributed by atoms with Crippen LogP contribution in [0.15, 0.2) is 35.4 Å². The zero-order valence-corrected chi connectivity index (χ0v) is 29.2. The number of aromatic hydroxyl groups is 1. The van der Waals surface area contributed by atoms with Crippen molar-refractivity contribution in [1.29, 1.82) is 0 Å². The standard InChI is InChI=1S/C37H46O15/c1-14-9-25(41)37(47)29-20(33(45)28-19(34(29)46)6-5-18(32(28)44)24-10-21(38)30(42)15(2)48-24)7-8-36(37,13-14)52-27-12-23(40)35(17(4)50-27)51-26-11-22(39)31(43)16(3)49-26/h5-8,14-17,21-24,26-27,30-31,35,38-40,42-44,47H,9-13H2,1-4H3. The number of allylic oxidation sites excluding steroid dienone is 2. The number of aliphatic hydroxyl groups excluding tert-OH is 5. The van der Waals surface area contributed by atoms with E-state index < -0.39 is 113 Å². The summed E-state index contributed by atoms with van der Waals surface area (Å²) in [5, 5.41) is 75.8. The van der Waals surface area contributed by atoms with Gasteiger partial charge in [-0.3, -0.25) is 14.4 Å². The number of Topliss-reactive ketones (excluding diaryl/α,β-unsaturated/α-hetero) is 3. The lowest BCUT2D eigenvalue weighted by molar-refractivity contribution is -0.329. The maximum Gasteiger partial charge on any atom is 0.198 e. The van der Waals surface area contributed by atoms with Gasteiger partial charge >= 0.3 is 0 Å². The van der Waals surface area contributed by atoms with Crippen LogP contribution in [0, 0.1) is 5.92 Å². The maximum absolute atomic E-state index is 14.3. The molecule has 0 spiro atoms. The SMILES string of the molecule is CC1CC(=O)C2(O)C3=C(C=CC2(OC2CC(O)C(OC4CC(O)C(O)C(C)O4)C(C)O2)C1)C(=O)c1c(ccc(C2CC(O)C(O)C(C)O2)c1O)C3=O. The molecule has 7 N–H and O–H groups in total. The molecule has 1 saturated carbocycles. The van der Waals surface area contributed by atoms with Gasteiger partial charge < -0.3 is 59.4 Å². The second kappa shape index (κ2) is 13.4. The van der Waals surface area contributed by atoms with Crippen LogP contribution < -0.4 is 0 Å². The fourth-order valence-electron chi connectivity index (χ4n) is 8.76. The molecule has 0 amide bonds. The summed E-state index contributed by atoms with van der Waals surface area (Å²) in [7, 11) is 0. The first-order chi connectivity index (χ1) is 24.5. The molecule has 15 atom stereocenters. The molecule has 284 valence electrons. The summed E-state index contributed by atoms with van der Waals surface area (Å²) in [4.78, 5) is 42.5. The molecule has 15 unspecified atom stereocenters. The Bertz CT molecular complexity index is 1670. The van der Waals surface area contributed by atoms with E-state index in [2.05, 4.69) is 0 Å². The first kappa shape index (κ1) is 37.4. The van der Waals surface area contributed by atoms with Crippen LogP contribution in [0.3, 0.4) is 0 Å². The summed E-state index contributed by atoms with van der Waals surface area (Å²) in [6.07, 6.45) is -9.67. The van der Waals surface area contributed by atoms with Crippen molar-refractivity contribution in [3.8, 4) is 5.75 Å². The van der Waals surface area contributed by atoms with E-state index in [1.165, 1.54) is 24.3 Å². The number of carbonyl (C=O) groups is 3. The highest BCUT2D eigenvalue weighted by atomic mass is 16.7. The Morgan fingerprint density at radius 1 is 0.788 bits per heavy atom. The largest absolute Gasteiger partial charge is 0.507 e. The maximum atomic E-state index is 14.3. The first-order valence-corrected chi connectivity index (χ1v) is 17.8. The van der Waals surface area contributed by atoms with Crippen molar-refractivity contribution in [1.82, 2.24) is 0 Å². The second-order valence-corrected chi connectivity index (χ2v) is 15.2. The minimum absolute atomic E-state index is 0.0322. The molecule has 3 aliphatic carbocycles. The van der Waals surface area contributed by atoms with Crippen LogP contribution in [0.5, 0.6) is 5.75 Å². The zero-order valence-electron chi connectivity index (χ0n) is 29.2. The average Bonchev–Trinajstić information content (AvgIpc) is 3.06. The summed E-state index contributed by atoms with van der Waals surface area (Å²) in [5.41, 5.74) is -5.75. The van der Waals surface area contributed by atoms with Crippen molar-refractivity contribution >= 4 is 17.3 Å². The molecule has 0 radical (unpaired) electrons. The fraction of sp³-hybridized carbons (Fsp3) is 0.649. The number of fused-ring (bicyclic) bond motifs is 3. The number of hydrogen-bond donors (Lipinski definition) is 7. The molecule has 3 heterocycles. The van der Waals surface area contributed by atoms with Crippen LogP contribution in [0.25, 0.3) is 0 Å². The van der Waals surface area contributed by atoms with E-state index in [4.69, 9.17) is 23.7 Å². The molecule has 3 aliphatic heterocycles. The van der Waals surface area contributed by atoms with Gasteiger partial charge in [0.25, 0.3) is 0 Å². The fourth-order valence-corrected chi connectivity index (χ4v) is 8.76. The van der Waals surface area contributed by atoms with Crippen LogP contribution in [0.1, 0.15) is 92.2 Å². The Morgan fingerprint density at radius 3 is 2.08 bits per heavy atom. The zero-order chi connectivity index (χ0) is 37.6. The monoisotopic (exact) mass is 730 g/mol. The van der Waals surface area contributed by atoms with Gasteiger partial charge in [0.1, 0.15) is 29.7 Å². The molecule has 0 bridgehead atoms. The number of carbonyl (C=O) groups excluding carboxylic acids is 3. The number of ether oxygens (including phenoxy) is 5. The number of ketones is 3. The number of phenolic OH excluding ortho intramolecular Hbond substituents is 1. The van der Waals surface area contributed by atoms with Gasteiger partial charge in [0.05, 0.1) is 53.9 Å². The van der Waals surface area contributed by atoms with E-state index in [-0.39, 0.29) is 60.3 Å². The van der Waals surface area contributed by atoms with Crippen LogP contribution in [0.4, 0.5) is 0 Å².